The van der Waals surface area contributed by atoms with E-state index in [2.05, 4.69) is 30.5 Å². The van der Waals surface area contributed by atoms with E-state index in [9.17, 15) is 14.0 Å². The highest BCUT2D eigenvalue weighted by atomic mass is 35.5. The summed E-state index contributed by atoms with van der Waals surface area (Å²) in [5.41, 5.74) is 0.203. The summed E-state index contributed by atoms with van der Waals surface area (Å²) in [4.78, 5) is 38.7. The number of H-pyrrole nitrogens is 1. The van der Waals surface area contributed by atoms with Gasteiger partial charge in [0.25, 0.3) is 5.91 Å². The number of anilines is 2. The second-order valence-electron chi connectivity index (χ2n) is 7.57. The molecule has 0 atom stereocenters. The second-order valence-corrected chi connectivity index (χ2v) is 8.39. The Labute approximate surface area is 199 Å². The van der Waals surface area contributed by atoms with Gasteiger partial charge in [0.15, 0.2) is 11.6 Å². The van der Waals surface area contributed by atoms with E-state index in [1.807, 2.05) is 0 Å². The predicted molar refractivity (Wildman–Crippen MR) is 125 cm³/mol. The first-order valence-corrected chi connectivity index (χ1v) is 11.1. The molecule has 3 N–H and O–H groups in total. The molecule has 0 unspecified atom stereocenters. The third kappa shape index (κ3) is 5.50. The summed E-state index contributed by atoms with van der Waals surface area (Å²) in [5, 5.41) is 5.52. The number of nitrogens with one attached hydrogen (secondary N) is 3. The summed E-state index contributed by atoms with van der Waals surface area (Å²) in [6.45, 7) is 3.92. The van der Waals surface area contributed by atoms with Crippen molar-refractivity contribution in [3.05, 3.63) is 69.5 Å². The molecule has 8 nitrogen and oxygen atoms in total. The summed E-state index contributed by atoms with van der Waals surface area (Å²) in [6.07, 6.45) is 6.76. The lowest BCUT2D eigenvalue weighted by Gasteiger charge is -2.14. The molecular weight excluding hydrogens is 470 g/mol. The molecule has 172 valence electrons. The van der Waals surface area contributed by atoms with Crippen LogP contribution in [0.2, 0.25) is 10.0 Å². The number of rotatable bonds is 8. The van der Waals surface area contributed by atoms with Crippen molar-refractivity contribution in [2.45, 2.75) is 12.8 Å². The first-order chi connectivity index (χ1) is 15.9. The number of hydrogen-bond acceptors (Lipinski definition) is 6. The Morgan fingerprint density at radius 2 is 1.82 bits per heavy atom. The lowest BCUT2D eigenvalue weighted by Crippen LogP contribution is -2.26. The molecule has 11 heteroatoms. The Bertz CT molecular complexity index is 1160. The molecule has 1 aromatic carbocycles. The van der Waals surface area contributed by atoms with Crippen molar-refractivity contribution in [2.75, 3.05) is 36.8 Å². The number of carbonyl (C=O) groups is 2. The van der Waals surface area contributed by atoms with E-state index in [4.69, 9.17) is 23.2 Å². The quantitative estimate of drug-likeness (QED) is 0.322. The minimum absolute atomic E-state index is 0.0667. The van der Waals surface area contributed by atoms with Crippen LogP contribution in [-0.2, 0) is 0 Å². The monoisotopic (exact) mass is 490 g/mol. The number of nitrogens with zero attached hydrogens (tertiary/aromatic N) is 3. The fourth-order valence-electron chi connectivity index (χ4n) is 3.55. The van der Waals surface area contributed by atoms with Crippen LogP contribution in [0.5, 0.6) is 0 Å². The maximum absolute atomic E-state index is 14.3. The van der Waals surface area contributed by atoms with E-state index in [1.165, 1.54) is 49.6 Å². The van der Waals surface area contributed by atoms with E-state index in [-0.39, 0.29) is 26.9 Å². The molecule has 1 saturated heterocycles. The number of halogens is 3. The largest absolute Gasteiger partial charge is 0.356 e. The molecule has 0 radical (unpaired) electrons. The number of aromatic nitrogens is 3. The van der Waals surface area contributed by atoms with Gasteiger partial charge in [-0.3, -0.25) is 9.59 Å². The number of aromatic amines is 1. The van der Waals surface area contributed by atoms with Crippen LogP contribution < -0.4 is 10.6 Å². The van der Waals surface area contributed by atoms with Gasteiger partial charge in [0, 0.05) is 24.8 Å². The summed E-state index contributed by atoms with van der Waals surface area (Å²) in [6, 6.07) is 3.91. The van der Waals surface area contributed by atoms with Crippen molar-refractivity contribution in [3.8, 4) is 0 Å². The summed E-state index contributed by atoms with van der Waals surface area (Å²) in [5.74, 6) is -1.64. The van der Waals surface area contributed by atoms with Gasteiger partial charge in [-0.15, -0.1) is 0 Å². The fraction of sp³-hybridized carbons (Fsp3) is 0.273. The first-order valence-electron chi connectivity index (χ1n) is 10.4. The molecule has 1 amide bonds. The van der Waals surface area contributed by atoms with Crippen LogP contribution in [0.25, 0.3) is 0 Å². The topological polar surface area (TPSA) is 103 Å². The Balaban J connectivity index is 1.36. The molecule has 1 fully saturated rings. The maximum Gasteiger partial charge on any atom is 0.272 e. The van der Waals surface area contributed by atoms with Crippen LogP contribution >= 0.6 is 23.2 Å². The molecule has 2 aromatic heterocycles. The normalized spacial score (nSPS) is 13.8. The SMILES string of the molecule is O=C(Nc1cnc(NCCN2CCCC2)nc1)c1cc(C(=O)c2c(Cl)ccc(Cl)c2F)c[nH]1. The van der Waals surface area contributed by atoms with Gasteiger partial charge < -0.3 is 20.5 Å². The van der Waals surface area contributed by atoms with E-state index >= 15 is 0 Å². The maximum atomic E-state index is 14.3. The van der Waals surface area contributed by atoms with Crippen LogP contribution in [0.1, 0.15) is 39.3 Å². The molecule has 33 heavy (non-hydrogen) atoms. The zero-order chi connectivity index (χ0) is 23.4. The standard InChI is InChI=1S/C22H21Cl2FN6O2/c23-15-3-4-16(24)19(25)18(15)20(32)13-9-17(27-10-13)21(33)30-14-11-28-22(29-12-14)26-5-8-31-6-1-2-7-31/h3-4,9-12,27H,1-2,5-8H2,(H,30,33)(H,26,28,29). The second kappa shape index (κ2) is 10.3. The van der Waals surface area contributed by atoms with Crippen LogP contribution in [0.4, 0.5) is 16.0 Å². The summed E-state index contributed by atoms with van der Waals surface area (Å²) in [7, 11) is 0. The van der Waals surface area contributed by atoms with Crippen LogP contribution in [0.3, 0.4) is 0 Å². The number of likely N-dealkylation sites (tertiary alicyclic amines) is 1. The molecule has 0 saturated carbocycles. The Morgan fingerprint density at radius 3 is 2.55 bits per heavy atom. The highest BCUT2D eigenvalue weighted by Gasteiger charge is 2.22. The number of amides is 1. The van der Waals surface area contributed by atoms with E-state index < -0.39 is 17.5 Å². The van der Waals surface area contributed by atoms with E-state index in [1.54, 1.807) is 0 Å². The van der Waals surface area contributed by atoms with E-state index in [0.717, 1.165) is 26.2 Å². The van der Waals surface area contributed by atoms with Gasteiger partial charge in [-0.25, -0.2) is 14.4 Å². The molecule has 4 rings (SSSR count). The molecule has 1 aliphatic rings. The highest BCUT2D eigenvalue weighted by Crippen LogP contribution is 2.28. The summed E-state index contributed by atoms with van der Waals surface area (Å²) < 4.78 is 14.3. The molecule has 3 aromatic rings. The third-order valence-corrected chi connectivity index (χ3v) is 5.89. The summed E-state index contributed by atoms with van der Waals surface area (Å²) >= 11 is 11.7. The number of carbonyl (C=O) groups excluding carboxylic acids is 2. The van der Waals surface area contributed by atoms with Gasteiger partial charge >= 0.3 is 0 Å². The van der Waals surface area contributed by atoms with Crippen LogP contribution in [0.15, 0.2) is 36.8 Å². The minimum Gasteiger partial charge on any atom is -0.356 e. The highest BCUT2D eigenvalue weighted by molar-refractivity contribution is 6.37. The Kier molecular flexibility index (Phi) is 7.22. The number of hydrogen-bond donors (Lipinski definition) is 3. The minimum atomic E-state index is -0.910. The molecule has 3 heterocycles. The van der Waals surface area contributed by atoms with Crippen molar-refractivity contribution in [2.24, 2.45) is 0 Å². The Hall–Kier alpha value is -3.01. The zero-order valence-electron chi connectivity index (χ0n) is 17.5. The van der Waals surface area contributed by atoms with Crippen LogP contribution in [-0.4, -0.2) is 57.7 Å². The smallest absolute Gasteiger partial charge is 0.272 e. The van der Waals surface area contributed by atoms with Gasteiger partial charge in [-0.1, -0.05) is 23.2 Å². The van der Waals surface area contributed by atoms with Crippen molar-refractivity contribution in [1.29, 1.82) is 0 Å². The average Bonchev–Trinajstić information content (AvgIpc) is 3.50. The third-order valence-electron chi connectivity index (χ3n) is 5.28. The van der Waals surface area contributed by atoms with Gasteiger partial charge in [-0.05, 0) is 44.1 Å². The van der Waals surface area contributed by atoms with Crippen LogP contribution in [0, 0.1) is 5.82 Å². The van der Waals surface area contributed by atoms with Gasteiger partial charge in [0.1, 0.15) is 5.69 Å². The molecule has 0 spiro atoms. The van der Waals surface area contributed by atoms with Crippen molar-refractivity contribution in [3.63, 3.8) is 0 Å². The Morgan fingerprint density at radius 1 is 1.12 bits per heavy atom. The van der Waals surface area contributed by atoms with Gasteiger partial charge in [0.05, 0.1) is 33.7 Å². The average molecular weight is 491 g/mol. The van der Waals surface area contributed by atoms with Crippen molar-refractivity contribution >= 4 is 46.5 Å². The van der Waals surface area contributed by atoms with Crippen molar-refractivity contribution in [1.82, 2.24) is 19.9 Å². The lowest BCUT2D eigenvalue weighted by molar-refractivity contribution is 0.102. The molecular formula is C22H21Cl2FN6O2. The fourth-order valence-corrected chi connectivity index (χ4v) is 3.94. The van der Waals surface area contributed by atoms with Crippen molar-refractivity contribution < 1.29 is 14.0 Å². The lowest BCUT2D eigenvalue weighted by atomic mass is 10.0. The number of ketones is 1. The zero-order valence-corrected chi connectivity index (χ0v) is 19.0. The first kappa shape index (κ1) is 23.2. The van der Waals surface area contributed by atoms with Gasteiger partial charge in [-0.2, -0.15) is 0 Å². The van der Waals surface area contributed by atoms with Gasteiger partial charge in [0.2, 0.25) is 5.95 Å². The molecule has 1 aliphatic heterocycles. The number of benzene rings is 1. The molecule has 0 bridgehead atoms. The van der Waals surface area contributed by atoms with E-state index in [0.29, 0.717) is 11.6 Å². The predicted octanol–water partition coefficient (Wildman–Crippen LogP) is 4.24. The molecule has 0 aliphatic carbocycles.